The Balaban J connectivity index is 2.19. The van der Waals surface area contributed by atoms with Gasteiger partial charge in [0.15, 0.2) is 0 Å². The highest BCUT2D eigenvalue weighted by atomic mass is 32.2. The summed E-state index contributed by atoms with van der Waals surface area (Å²) in [5.41, 5.74) is -1.46. The lowest BCUT2D eigenvalue weighted by Gasteiger charge is -2.32. The minimum Gasteiger partial charge on any atom is -0.382 e. The normalized spacial score (nSPS) is 19.6. The number of nitrogens with zero attached hydrogens (tertiary/aromatic N) is 2. The van der Waals surface area contributed by atoms with Crippen LogP contribution in [0.2, 0.25) is 0 Å². The first-order valence-electron chi connectivity index (χ1n) is 9.42. The number of sulfonamides is 1. The van der Waals surface area contributed by atoms with E-state index in [1.54, 1.807) is 0 Å². The Morgan fingerprint density at radius 2 is 2.10 bits per heavy atom. The van der Waals surface area contributed by atoms with E-state index in [-0.39, 0.29) is 11.3 Å². The van der Waals surface area contributed by atoms with Gasteiger partial charge in [-0.15, -0.1) is 0 Å². The van der Waals surface area contributed by atoms with Crippen molar-refractivity contribution < 1.29 is 22.3 Å². The van der Waals surface area contributed by atoms with Crippen LogP contribution in [0.1, 0.15) is 38.2 Å². The molecule has 8 nitrogen and oxygen atoms in total. The number of anilines is 1. The van der Waals surface area contributed by atoms with E-state index >= 15 is 0 Å². The van der Waals surface area contributed by atoms with Crippen LogP contribution in [0.25, 0.3) is 0 Å². The zero-order chi connectivity index (χ0) is 21.7. The molecule has 0 aliphatic carbocycles. The smallest absolute Gasteiger partial charge is 0.265 e. The molecule has 160 valence electrons. The summed E-state index contributed by atoms with van der Waals surface area (Å²) in [5, 5.41) is 12.2. The topological polar surface area (TPSA) is 112 Å². The molecule has 0 aromatic heterocycles. The zero-order valence-electron chi connectivity index (χ0n) is 16.9. The van der Waals surface area contributed by atoms with Crippen molar-refractivity contribution in [2.24, 2.45) is 0 Å². The van der Waals surface area contributed by atoms with Crippen molar-refractivity contribution in [3.05, 3.63) is 23.5 Å². The first-order chi connectivity index (χ1) is 13.6. The van der Waals surface area contributed by atoms with Gasteiger partial charge in [0.1, 0.15) is 17.5 Å². The summed E-state index contributed by atoms with van der Waals surface area (Å²) < 4.78 is 47.2. The number of halogens is 1. The second-order valence-electron chi connectivity index (χ2n) is 7.49. The van der Waals surface area contributed by atoms with Gasteiger partial charge in [-0.1, -0.05) is 0 Å². The largest absolute Gasteiger partial charge is 0.382 e. The molecule has 1 aliphatic rings. The Bertz CT molecular complexity index is 890. The third kappa shape index (κ3) is 5.88. The lowest BCUT2D eigenvalue weighted by Crippen LogP contribution is -2.50. The van der Waals surface area contributed by atoms with Crippen molar-refractivity contribution in [2.75, 3.05) is 39.1 Å². The molecule has 0 unspecified atom stereocenters. The molecule has 0 saturated carbocycles. The van der Waals surface area contributed by atoms with Crippen LogP contribution in [0.4, 0.5) is 10.1 Å². The van der Waals surface area contributed by atoms with Crippen molar-refractivity contribution >= 4 is 21.6 Å². The Labute approximate surface area is 171 Å². The van der Waals surface area contributed by atoms with E-state index in [4.69, 9.17) is 4.74 Å². The summed E-state index contributed by atoms with van der Waals surface area (Å²) >= 11 is 0. The molecule has 2 N–H and O–H groups in total. The first-order valence-corrected chi connectivity index (χ1v) is 10.9. The molecule has 1 aromatic rings. The third-order valence-electron chi connectivity index (χ3n) is 4.75. The number of hydrogen-bond donors (Lipinski definition) is 2. The average Bonchev–Trinajstić information content (AvgIpc) is 2.65. The van der Waals surface area contributed by atoms with E-state index in [1.807, 2.05) is 29.8 Å². The highest BCUT2D eigenvalue weighted by molar-refractivity contribution is 7.90. The van der Waals surface area contributed by atoms with E-state index in [0.29, 0.717) is 26.0 Å². The number of hydrogen-bond acceptors (Lipinski definition) is 7. The van der Waals surface area contributed by atoms with Gasteiger partial charge in [0, 0.05) is 13.2 Å². The Hall–Kier alpha value is -2.22. The second-order valence-corrected chi connectivity index (χ2v) is 9.18. The summed E-state index contributed by atoms with van der Waals surface area (Å²) in [5.74, 6) is -1.68. The van der Waals surface area contributed by atoms with E-state index in [0.717, 1.165) is 31.5 Å². The molecule has 1 saturated heterocycles. The van der Waals surface area contributed by atoms with E-state index in [2.05, 4.69) is 5.32 Å². The van der Waals surface area contributed by atoms with Gasteiger partial charge in [0.25, 0.3) is 15.9 Å². The maximum atomic E-state index is 14.6. The van der Waals surface area contributed by atoms with Crippen molar-refractivity contribution in [3.8, 4) is 6.07 Å². The third-order valence-corrected chi connectivity index (χ3v) is 6.06. The fraction of sp³-hybridized carbons (Fsp3) is 0.579. The summed E-state index contributed by atoms with van der Waals surface area (Å²) in [6.45, 7) is 3.09. The molecule has 1 atom stereocenters. The van der Waals surface area contributed by atoms with E-state index in [9.17, 15) is 22.9 Å². The minimum atomic E-state index is -4.36. The van der Waals surface area contributed by atoms with Crippen LogP contribution in [-0.2, 0) is 19.6 Å². The lowest BCUT2D eigenvalue weighted by molar-refractivity contribution is -0.148. The SMILES string of the molecule is CN(C)CCCNc1c(F)cc(S(=O)(=O)NC(=O)[C@@]2(C)CCCCO2)cc1C#N. The number of amides is 1. The first kappa shape index (κ1) is 23.1. The van der Waals surface area contributed by atoms with Gasteiger partial charge in [-0.25, -0.2) is 17.5 Å². The lowest BCUT2D eigenvalue weighted by atomic mass is 9.95. The minimum absolute atomic E-state index is 0.0564. The van der Waals surface area contributed by atoms with Crippen molar-refractivity contribution in [2.45, 2.75) is 43.1 Å². The number of rotatable bonds is 8. The van der Waals surface area contributed by atoms with Gasteiger partial charge >= 0.3 is 0 Å². The maximum absolute atomic E-state index is 14.6. The van der Waals surface area contributed by atoms with Crippen molar-refractivity contribution in [1.29, 1.82) is 5.26 Å². The second kappa shape index (κ2) is 9.52. The monoisotopic (exact) mass is 426 g/mol. The summed E-state index contributed by atoms with van der Waals surface area (Å²) in [6, 6.07) is 3.66. The van der Waals surface area contributed by atoms with Gasteiger partial charge in [0.05, 0.1) is 16.1 Å². The number of carbonyl (C=O) groups is 1. The molecule has 1 fully saturated rings. The quantitative estimate of drug-likeness (QED) is 0.610. The van der Waals surface area contributed by atoms with Crippen LogP contribution in [0.5, 0.6) is 0 Å². The summed E-state index contributed by atoms with van der Waals surface area (Å²) in [6.07, 6.45) is 2.65. The molecule has 1 amide bonds. The number of nitrogens with one attached hydrogen (secondary N) is 2. The number of nitriles is 1. The highest BCUT2D eigenvalue weighted by Crippen LogP contribution is 2.27. The number of ether oxygens (including phenoxy) is 1. The van der Waals surface area contributed by atoms with Crippen LogP contribution < -0.4 is 10.0 Å². The van der Waals surface area contributed by atoms with Gasteiger partial charge < -0.3 is 15.0 Å². The average molecular weight is 427 g/mol. The molecule has 29 heavy (non-hydrogen) atoms. The Kier molecular flexibility index (Phi) is 7.57. The molecule has 1 aliphatic heterocycles. The molecular formula is C19H27FN4O4S. The molecule has 0 spiro atoms. The molecular weight excluding hydrogens is 399 g/mol. The van der Waals surface area contributed by atoms with E-state index < -0.39 is 32.2 Å². The number of carbonyl (C=O) groups excluding carboxylic acids is 1. The molecule has 1 aromatic carbocycles. The van der Waals surface area contributed by atoms with Gasteiger partial charge in [-0.2, -0.15) is 5.26 Å². The van der Waals surface area contributed by atoms with Crippen LogP contribution in [0, 0.1) is 17.1 Å². The van der Waals surface area contributed by atoms with E-state index in [1.165, 1.54) is 6.92 Å². The standard InChI is InChI=1S/C19H27FN4O4S/c1-19(7-4-5-10-28-19)18(25)23-29(26,27)15-11-14(13-21)17(16(20)12-15)22-8-6-9-24(2)3/h11-12,22H,4-10H2,1-3H3,(H,23,25)/t19-/m1/s1. The summed E-state index contributed by atoms with van der Waals surface area (Å²) in [7, 11) is -0.539. The van der Waals surface area contributed by atoms with Gasteiger partial charge in [0.2, 0.25) is 0 Å². The zero-order valence-corrected chi connectivity index (χ0v) is 17.7. The Morgan fingerprint density at radius 1 is 1.38 bits per heavy atom. The fourth-order valence-electron chi connectivity index (χ4n) is 3.02. The molecule has 10 heteroatoms. The van der Waals surface area contributed by atoms with Crippen LogP contribution in [0.15, 0.2) is 17.0 Å². The molecule has 0 bridgehead atoms. The predicted molar refractivity (Wildman–Crippen MR) is 106 cm³/mol. The van der Waals surface area contributed by atoms with Crippen LogP contribution >= 0.6 is 0 Å². The fourth-order valence-corrected chi connectivity index (χ4v) is 4.12. The molecule has 2 rings (SSSR count). The Morgan fingerprint density at radius 3 is 2.69 bits per heavy atom. The van der Waals surface area contributed by atoms with Crippen LogP contribution in [-0.4, -0.2) is 58.6 Å². The van der Waals surface area contributed by atoms with Crippen LogP contribution in [0.3, 0.4) is 0 Å². The highest BCUT2D eigenvalue weighted by Gasteiger charge is 2.38. The maximum Gasteiger partial charge on any atom is 0.265 e. The molecule has 1 heterocycles. The summed E-state index contributed by atoms with van der Waals surface area (Å²) in [4.78, 5) is 13.9. The van der Waals surface area contributed by atoms with Crippen molar-refractivity contribution in [3.63, 3.8) is 0 Å². The van der Waals surface area contributed by atoms with Crippen molar-refractivity contribution in [1.82, 2.24) is 9.62 Å². The van der Waals surface area contributed by atoms with Gasteiger partial charge in [-0.05, 0) is 65.4 Å². The predicted octanol–water partition coefficient (Wildman–Crippen LogP) is 1.83. The number of benzene rings is 1. The van der Waals surface area contributed by atoms with Gasteiger partial charge in [-0.3, -0.25) is 4.79 Å². The molecule has 0 radical (unpaired) electrons.